The number of nitrogens with one attached hydrogen (secondary N) is 2. The summed E-state index contributed by atoms with van der Waals surface area (Å²) in [6, 6.07) is 15.0. The van der Waals surface area contributed by atoms with Crippen molar-refractivity contribution in [1.29, 1.82) is 0 Å². The number of hydrogen-bond acceptors (Lipinski definition) is 6. The summed E-state index contributed by atoms with van der Waals surface area (Å²) < 4.78 is 10.8. The first-order chi connectivity index (χ1) is 17.0. The number of carboxylic acid groups (broad SMARTS) is 1. The zero-order valence-corrected chi connectivity index (χ0v) is 19.6. The molecule has 186 valence electrons. The Morgan fingerprint density at radius 1 is 1.03 bits per heavy atom. The largest absolute Gasteiger partial charge is 0.481 e. The number of alkyl carbamates (subject to hydrolysis) is 1. The molecule has 4 rings (SSSR count). The van der Waals surface area contributed by atoms with Gasteiger partial charge in [-0.05, 0) is 28.7 Å². The van der Waals surface area contributed by atoms with E-state index in [4.69, 9.17) is 14.6 Å². The van der Waals surface area contributed by atoms with Crippen LogP contribution in [0.2, 0.25) is 0 Å². The Hall–Kier alpha value is -3.43. The third-order valence-corrected chi connectivity index (χ3v) is 6.43. The number of carbonyl (C=O) groups is 3. The second-order valence-corrected chi connectivity index (χ2v) is 8.70. The van der Waals surface area contributed by atoms with Crippen molar-refractivity contribution >= 4 is 18.0 Å². The Kier molecular flexibility index (Phi) is 8.33. The summed E-state index contributed by atoms with van der Waals surface area (Å²) in [6.45, 7) is 4.11. The average molecular weight is 482 g/mol. The number of carboxylic acids is 1. The molecular weight excluding hydrogens is 450 g/mol. The van der Waals surface area contributed by atoms with Gasteiger partial charge in [-0.15, -0.1) is 0 Å². The van der Waals surface area contributed by atoms with Crippen LogP contribution in [-0.4, -0.2) is 80.0 Å². The summed E-state index contributed by atoms with van der Waals surface area (Å²) in [5.74, 6) is -1.56. The van der Waals surface area contributed by atoms with Crippen LogP contribution in [-0.2, 0) is 19.1 Å². The first kappa shape index (κ1) is 24.7. The lowest BCUT2D eigenvalue weighted by molar-refractivity contribution is -0.137. The van der Waals surface area contributed by atoms with Crippen LogP contribution < -0.4 is 10.6 Å². The van der Waals surface area contributed by atoms with Gasteiger partial charge in [-0.25, -0.2) is 4.79 Å². The van der Waals surface area contributed by atoms with E-state index in [9.17, 15) is 14.4 Å². The lowest BCUT2D eigenvalue weighted by Gasteiger charge is -2.27. The van der Waals surface area contributed by atoms with Crippen molar-refractivity contribution in [2.45, 2.75) is 24.8 Å². The molecule has 1 aliphatic carbocycles. The van der Waals surface area contributed by atoms with E-state index in [0.29, 0.717) is 26.3 Å². The fourth-order valence-corrected chi connectivity index (χ4v) is 4.60. The van der Waals surface area contributed by atoms with Crippen LogP contribution in [0.4, 0.5) is 4.79 Å². The molecule has 9 nitrogen and oxygen atoms in total. The molecule has 2 aliphatic rings. The predicted octanol–water partition coefficient (Wildman–Crippen LogP) is 2.21. The molecular formula is C26H31N3O6. The Morgan fingerprint density at radius 2 is 1.66 bits per heavy atom. The number of ether oxygens (including phenoxy) is 2. The average Bonchev–Trinajstić information content (AvgIpc) is 3.19. The molecule has 0 bridgehead atoms. The lowest BCUT2D eigenvalue weighted by Crippen LogP contribution is -2.49. The number of amides is 2. The molecule has 1 aliphatic heterocycles. The number of aliphatic carboxylic acids is 1. The molecule has 2 aromatic carbocycles. The van der Waals surface area contributed by atoms with Gasteiger partial charge in [-0.2, -0.15) is 0 Å². The van der Waals surface area contributed by atoms with E-state index in [1.165, 1.54) is 0 Å². The Morgan fingerprint density at radius 3 is 2.29 bits per heavy atom. The first-order valence-corrected chi connectivity index (χ1v) is 11.9. The van der Waals surface area contributed by atoms with E-state index < -0.39 is 24.0 Å². The van der Waals surface area contributed by atoms with E-state index >= 15 is 0 Å². The minimum Gasteiger partial charge on any atom is -0.481 e. The minimum absolute atomic E-state index is 0.0249. The topological polar surface area (TPSA) is 117 Å². The van der Waals surface area contributed by atoms with Crippen molar-refractivity contribution < 1.29 is 29.0 Å². The molecule has 2 amide bonds. The highest BCUT2D eigenvalue weighted by Gasteiger charge is 2.30. The number of rotatable bonds is 10. The van der Waals surface area contributed by atoms with Gasteiger partial charge in [0.15, 0.2) is 0 Å². The fourth-order valence-electron chi connectivity index (χ4n) is 4.60. The summed E-state index contributed by atoms with van der Waals surface area (Å²) in [7, 11) is 0. The summed E-state index contributed by atoms with van der Waals surface area (Å²) in [4.78, 5) is 38.6. The zero-order valence-electron chi connectivity index (χ0n) is 19.6. The first-order valence-electron chi connectivity index (χ1n) is 11.9. The van der Waals surface area contributed by atoms with Crippen molar-refractivity contribution in [3.05, 3.63) is 59.7 Å². The summed E-state index contributed by atoms with van der Waals surface area (Å²) in [6.07, 6.45) is -1.01. The third kappa shape index (κ3) is 6.37. The van der Waals surface area contributed by atoms with Gasteiger partial charge in [-0.1, -0.05) is 48.5 Å². The van der Waals surface area contributed by atoms with E-state index in [0.717, 1.165) is 35.3 Å². The number of nitrogens with zero attached hydrogens (tertiary/aromatic N) is 1. The van der Waals surface area contributed by atoms with Crippen LogP contribution in [0.1, 0.15) is 29.9 Å². The highest BCUT2D eigenvalue weighted by molar-refractivity contribution is 5.86. The van der Waals surface area contributed by atoms with Crippen LogP contribution >= 0.6 is 0 Å². The SMILES string of the molecule is O=C(O)CCC(NC(=O)OCC1c2ccccc2-c2ccccc21)C(=O)NCCN1CCOCC1. The quantitative estimate of drug-likeness (QED) is 0.476. The van der Waals surface area contributed by atoms with Gasteiger partial charge >= 0.3 is 12.1 Å². The molecule has 3 N–H and O–H groups in total. The van der Waals surface area contributed by atoms with Crippen molar-refractivity contribution in [3.63, 3.8) is 0 Å². The summed E-state index contributed by atoms with van der Waals surface area (Å²) >= 11 is 0. The van der Waals surface area contributed by atoms with Crippen molar-refractivity contribution in [1.82, 2.24) is 15.5 Å². The van der Waals surface area contributed by atoms with Crippen LogP contribution in [0.15, 0.2) is 48.5 Å². The maximum Gasteiger partial charge on any atom is 0.407 e. The zero-order chi connectivity index (χ0) is 24.6. The van der Waals surface area contributed by atoms with Gasteiger partial charge in [0.1, 0.15) is 12.6 Å². The number of morpholine rings is 1. The van der Waals surface area contributed by atoms with E-state index in [2.05, 4.69) is 27.7 Å². The smallest absolute Gasteiger partial charge is 0.407 e. The van der Waals surface area contributed by atoms with Crippen molar-refractivity contribution in [2.75, 3.05) is 46.0 Å². The van der Waals surface area contributed by atoms with Crippen molar-refractivity contribution in [3.8, 4) is 11.1 Å². The van der Waals surface area contributed by atoms with E-state index in [-0.39, 0.29) is 25.4 Å². The Labute approximate surface area is 204 Å². The number of carbonyl (C=O) groups excluding carboxylic acids is 2. The molecule has 0 spiro atoms. The maximum atomic E-state index is 12.7. The lowest BCUT2D eigenvalue weighted by atomic mass is 9.98. The summed E-state index contributed by atoms with van der Waals surface area (Å²) in [5, 5.41) is 14.4. The molecule has 0 saturated carbocycles. The van der Waals surface area contributed by atoms with Gasteiger partial charge in [0.25, 0.3) is 0 Å². The van der Waals surface area contributed by atoms with Gasteiger partial charge in [0, 0.05) is 38.5 Å². The van der Waals surface area contributed by atoms with Gasteiger partial charge in [-0.3, -0.25) is 14.5 Å². The van der Waals surface area contributed by atoms with Crippen LogP contribution in [0.3, 0.4) is 0 Å². The standard InChI is InChI=1S/C26H31N3O6/c30-24(31)10-9-23(25(32)27-11-12-29-13-15-34-16-14-29)28-26(33)35-17-22-20-7-3-1-5-18(20)19-6-2-4-8-21(19)22/h1-8,22-23H,9-17H2,(H,27,32)(H,28,33)(H,30,31). The number of fused-ring (bicyclic) bond motifs is 3. The highest BCUT2D eigenvalue weighted by Crippen LogP contribution is 2.44. The van der Waals surface area contributed by atoms with Crippen LogP contribution in [0.25, 0.3) is 11.1 Å². The van der Waals surface area contributed by atoms with Crippen LogP contribution in [0, 0.1) is 0 Å². The summed E-state index contributed by atoms with van der Waals surface area (Å²) in [5.41, 5.74) is 4.42. The Bertz CT molecular complexity index is 1010. The van der Waals surface area contributed by atoms with Gasteiger partial charge in [0.2, 0.25) is 5.91 Å². The molecule has 35 heavy (non-hydrogen) atoms. The van der Waals surface area contributed by atoms with E-state index in [1.807, 2.05) is 36.4 Å². The molecule has 1 heterocycles. The normalized spacial score (nSPS) is 16.1. The molecule has 1 atom stereocenters. The minimum atomic E-state index is -1.04. The molecule has 0 radical (unpaired) electrons. The molecule has 1 unspecified atom stereocenters. The second kappa shape index (κ2) is 11.8. The number of benzene rings is 2. The second-order valence-electron chi connectivity index (χ2n) is 8.70. The molecule has 1 fully saturated rings. The van der Waals surface area contributed by atoms with Crippen LogP contribution in [0.5, 0.6) is 0 Å². The van der Waals surface area contributed by atoms with Gasteiger partial charge < -0.3 is 25.2 Å². The molecule has 0 aromatic heterocycles. The third-order valence-electron chi connectivity index (χ3n) is 6.43. The Balaban J connectivity index is 1.32. The monoisotopic (exact) mass is 481 g/mol. The predicted molar refractivity (Wildman–Crippen MR) is 129 cm³/mol. The van der Waals surface area contributed by atoms with E-state index in [1.54, 1.807) is 0 Å². The molecule has 9 heteroatoms. The fraction of sp³-hybridized carbons (Fsp3) is 0.423. The van der Waals surface area contributed by atoms with Gasteiger partial charge in [0.05, 0.1) is 13.2 Å². The number of hydrogen-bond donors (Lipinski definition) is 3. The van der Waals surface area contributed by atoms with Crippen molar-refractivity contribution in [2.24, 2.45) is 0 Å². The molecule has 2 aromatic rings. The maximum absolute atomic E-state index is 12.7. The highest BCUT2D eigenvalue weighted by atomic mass is 16.5. The molecule has 1 saturated heterocycles.